The van der Waals surface area contributed by atoms with Crippen molar-refractivity contribution in [1.82, 2.24) is 10.2 Å². The van der Waals surface area contributed by atoms with Crippen molar-refractivity contribution in [3.8, 4) is 0 Å². The fourth-order valence-corrected chi connectivity index (χ4v) is 3.70. The summed E-state index contributed by atoms with van der Waals surface area (Å²) in [5.74, 6) is 0. The molecule has 1 saturated heterocycles. The number of nitrogens with one attached hydrogen (secondary N) is 1. The van der Waals surface area contributed by atoms with Gasteiger partial charge in [0, 0.05) is 31.8 Å². The molecule has 1 aliphatic carbocycles. The number of likely N-dealkylation sites (N-methyl/N-ethyl adjacent to an activating group) is 1. The lowest BCUT2D eigenvalue weighted by molar-refractivity contribution is -0.0462. The van der Waals surface area contributed by atoms with Gasteiger partial charge in [0.25, 0.3) is 0 Å². The lowest BCUT2D eigenvalue weighted by atomic mass is 9.85. The highest BCUT2D eigenvalue weighted by Crippen LogP contribution is 2.38. The summed E-state index contributed by atoms with van der Waals surface area (Å²) in [4.78, 5) is 2.66. The standard InChI is InChI=1S/C14H28N2O2/c1-3-15-13(12-17-2)14(6-4-5-7-14)16-8-10-18-11-9-16/h13,15H,3-12H2,1-2H3. The van der Waals surface area contributed by atoms with Crippen molar-refractivity contribution in [2.75, 3.05) is 46.6 Å². The zero-order valence-electron chi connectivity index (χ0n) is 11.9. The van der Waals surface area contributed by atoms with Crippen LogP contribution in [0.4, 0.5) is 0 Å². The van der Waals surface area contributed by atoms with Gasteiger partial charge < -0.3 is 14.8 Å². The Balaban J connectivity index is 2.12. The lowest BCUT2D eigenvalue weighted by Gasteiger charge is -2.48. The monoisotopic (exact) mass is 256 g/mol. The predicted octanol–water partition coefficient (Wildman–Crippen LogP) is 1.26. The molecule has 2 aliphatic rings. The first-order valence-corrected chi connectivity index (χ1v) is 7.38. The molecule has 0 aromatic heterocycles. The van der Waals surface area contributed by atoms with E-state index in [0.717, 1.165) is 39.5 Å². The van der Waals surface area contributed by atoms with Crippen LogP contribution in [-0.2, 0) is 9.47 Å². The highest BCUT2D eigenvalue weighted by Gasteiger charge is 2.45. The number of hydrogen-bond acceptors (Lipinski definition) is 4. The van der Waals surface area contributed by atoms with Crippen molar-refractivity contribution in [2.45, 2.75) is 44.2 Å². The third-order valence-corrected chi connectivity index (χ3v) is 4.54. The van der Waals surface area contributed by atoms with E-state index in [0.29, 0.717) is 11.6 Å². The second-order valence-corrected chi connectivity index (χ2v) is 5.48. The molecule has 0 aromatic carbocycles. The maximum Gasteiger partial charge on any atom is 0.0633 e. The minimum Gasteiger partial charge on any atom is -0.383 e. The summed E-state index contributed by atoms with van der Waals surface area (Å²) < 4.78 is 11.0. The molecule has 1 saturated carbocycles. The molecule has 4 nitrogen and oxygen atoms in total. The first-order valence-electron chi connectivity index (χ1n) is 7.38. The Morgan fingerprint density at radius 3 is 2.50 bits per heavy atom. The van der Waals surface area contributed by atoms with Crippen molar-refractivity contribution in [3.05, 3.63) is 0 Å². The van der Waals surface area contributed by atoms with Crippen molar-refractivity contribution in [1.29, 1.82) is 0 Å². The summed E-state index contributed by atoms with van der Waals surface area (Å²) in [5, 5.41) is 3.66. The number of morpholine rings is 1. The van der Waals surface area contributed by atoms with E-state index in [-0.39, 0.29) is 0 Å². The van der Waals surface area contributed by atoms with E-state index in [1.807, 2.05) is 7.11 Å². The molecule has 18 heavy (non-hydrogen) atoms. The van der Waals surface area contributed by atoms with Crippen LogP contribution in [0.5, 0.6) is 0 Å². The summed E-state index contributed by atoms with van der Waals surface area (Å²) in [5.41, 5.74) is 0.301. The Morgan fingerprint density at radius 2 is 1.94 bits per heavy atom. The van der Waals surface area contributed by atoms with Crippen molar-refractivity contribution in [3.63, 3.8) is 0 Å². The average Bonchev–Trinajstić information content (AvgIpc) is 2.90. The summed E-state index contributed by atoms with van der Waals surface area (Å²) in [6.45, 7) is 7.92. The van der Waals surface area contributed by atoms with Gasteiger partial charge in [-0.25, -0.2) is 0 Å². The molecule has 1 unspecified atom stereocenters. The fourth-order valence-electron chi connectivity index (χ4n) is 3.70. The topological polar surface area (TPSA) is 33.7 Å². The van der Waals surface area contributed by atoms with Gasteiger partial charge >= 0.3 is 0 Å². The minimum atomic E-state index is 0.301. The number of rotatable bonds is 6. The summed E-state index contributed by atoms with van der Waals surface area (Å²) in [7, 11) is 1.81. The minimum absolute atomic E-state index is 0.301. The quantitative estimate of drug-likeness (QED) is 0.775. The fraction of sp³-hybridized carbons (Fsp3) is 1.00. The molecular formula is C14H28N2O2. The molecule has 0 radical (unpaired) electrons. The van der Waals surface area contributed by atoms with Crippen LogP contribution in [0.2, 0.25) is 0 Å². The number of ether oxygens (including phenoxy) is 2. The van der Waals surface area contributed by atoms with Gasteiger partial charge in [0.2, 0.25) is 0 Å². The second kappa shape index (κ2) is 6.85. The third-order valence-electron chi connectivity index (χ3n) is 4.54. The van der Waals surface area contributed by atoms with Gasteiger partial charge in [0.15, 0.2) is 0 Å². The van der Waals surface area contributed by atoms with Gasteiger partial charge in [0.1, 0.15) is 0 Å². The van der Waals surface area contributed by atoms with E-state index in [1.54, 1.807) is 0 Å². The maximum atomic E-state index is 5.51. The van der Waals surface area contributed by atoms with Crippen LogP contribution >= 0.6 is 0 Å². The predicted molar refractivity (Wildman–Crippen MR) is 72.9 cm³/mol. The van der Waals surface area contributed by atoms with Crippen molar-refractivity contribution in [2.24, 2.45) is 0 Å². The summed E-state index contributed by atoms with van der Waals surface area (Å²) in [6, 6.07) is 0.452. The zero-order valence-corrected chi connectivity index (χ0v) is 11.9. The number of nitrogens with zero attached hydrogens (tertiary/aromatic N) is 1. The molecule has 1 N–H and O–H groups in total. The van der Waals surface area contributed by atoms with Gasteiger partial charge in [-0.15, -0.1) is 0 Å². The molecule has 0 bridgehead atoms. The van der Waals surface area contributed by atoms with Crippen LogP contribution in [-0.4, -0.2) is 63.0 Å². The molecule has 0 amide bonds. The van der Waals surface area contributed by atoms with Crippen LogP contribution in [0.25, 0.3) is 0 Å². The largest absolute Gasteiger partial charge is 0.383 e. The van der Waals surface area contributed by atoms with Crippen LogP contribution in [0.3, 0.4) is 0 Å². The van der Waals surface area contributed by atoms with E-state index in [1.165, 1.54) is 25.7 Å². The average molecular weight is 256 g/mol. The molecule has 2 fully saturated rings. The SMILES string of the molecule is CCNC(COC)C1(N2CCOCC2)CCCC1. The highest BCUT2D eigenvalue weighted by molar-refractivity contribution is 5.04. The second-order valence-electron chi connectivity index (χ2n) is 5.48. The Kier molecular flexibility index (Phi) is 5.42. The zero-order chi connectivity index (χ0) is 12.8. The molecule has 0 spiro atoms. The Hall–Kier alpha value is -0.160. The van der Waals surface area contributed by atoms with Gasteiger partial charge in [-0.2, -0.15) is 0 Å². The summed E-state index contributed by atoms with van der Waals surface area (Å²) >= 11 is 0. The molecule has 0 aromatic rings. The Labute approximate surface area is 111 Å². The molecule has 1 atom stereocenters. The molecule has 1 heterocycles. The molecule has 4 heteroatoms. The van der Waals surface area contributed by atoms with Gasteiger partial charge in [-0.05, 0) is 19.4 Å². The van der Waals surface area contributed by atoms with E-state index in [2.05, 4.69) is 17.1 Å². The maximum absolute atomic E-state index is 5.51. The molecular weight excluding hydrogens is 228 g/mol. The van der Waals surface area contributed by atoms with Crippen LogP contribution in [0.1, 0.15) is 32.6 Å². The van der Waals surface area contributed by atoms with Crippen LogP contribution in [0.15, 0.2) is 0 Å². The Morgan fingerprint density at radius 1 is 1.28 bits per heavy atom. The Bertz CT molecular complexity index is 230. The normalized spacial score (nSPS) is 26.3. The van der Waals surface area contributed by atoms with E-state index >= 15 is 0 Å². The van der Waals surface area contributed by atoms with Crippen molar-refractivity contribution < 1.29 is 9.47 Å². The van der Waals surface area contributed by atoms with Crippen molar-refractivity contribution >= 4 is 0 Å². The van der Waals surface area contributed by atoms with Gasteiger partial charge in [-0.3, -0.25) is 4.90 Å². The highest BCUT2D eigenvalue weighted by atomic mass is 16.5. The lowest BCUT2D eigenvalue weighted by Crippen LogP contribution is -2.63. The van der Waals surface area contributed by atoms with Crippen LogP contribution < -0.4 is 5.32 Å². The number of hydrogen-bond donors (Lipinski definition) is 1. The number of methoxy groups -OCH3 is 1. The first-order chi connectivity index (χ1) is 8.83. The first kappa shape index (κ1) is 14.3. The summed E-state index contributed by atoms with van der Waals surface area (Å²) in [6.07, 6.45) is 5.30. The van der Waals surface area contributed by atoms with Crippen LogP contribution in [0, 0.1) is 0 Å². The van der Waals surface area contributed by atoms with E-state index in [4.69, 9.17) is 9.47 Å². The van der Waals surface area contributed by atoms with Gasteiger partial charge in [0.05, 0.1) is 19.8 Å². The molecule has 1 aliphatic heterocycles. The third kappa shape index (κ3) is 2.87. The molecule has 106 valence electrons. The van der Waals surface area contributed by atoms with E-state index < -0.39 is 0 Å². The molecule has 2 rings (SSSR count). The smallest absolute Gasteiger partial charge is 0.0633 e. The van der Waals surface area contributed by atoms with Gasteiger partial charge in [-0.1, -0.05) is 19.8 Å². The van der Waals surface area contributed by atoms with E-state index in [9.17, 15) is 0 Å².